The van der Waals surface area contributed by atoms with E-state index in [2.05, 4.69) is 0 Å². The highest BCUT2D eigenvalue weighted by atomic mass is 16.5. The molecule has 0 bridgehead atoms. The zero-order valence-corrected chi connectivity index (χ0v) is 11.2. The Morgan fingerprint density at radius 2 is 2.12 bits per heavy atom. The number of hydrogen-bond acceptors (Lipinski definition) is 3. The second-order valence-corrected chi connectivity index (χ2v) is 4.80. The van der Waals surface area contributed by atoms with Crippen LogP contribution in [-0.4, -0.2) is 43.2 Å². The van der Waals surface area contributed by atoms with Gasteiger partial charge in [0.1, 0.15) is 0 Å². The Bertz CT molecular complexity index is 227. The largest absolute Gasteiger partial charge is 0.385 e. The summed E-state index contributed by atoms with van der Waals surface area (Å²) in [4.78, 5) is 14.2. The molecule has 1 aliphatic carbocycles. The minimum atomic E-state index is -0.356. The van der Waals surface area contributed by atoms with Gasteiger partial charge in [-0.05, 0) is 32.6 Å². The average Bonchev–Trinajstić information content (AvgIpc) is 2.83. The van der Waals surface area contributed by atoms with Crippen LogP contribution < -0.4 is 5.73 Å². The molecule has 1 atom stereocenters. The van der Waals surface area contributed by atoms with Crippen molar-refractivity contribution in [3.63, 3.8) is 0 Å². The van der Waals surface area contributed by atoms with Crippen molar-refractivity contribution in [1.29, 1.82) is 0 Å². The van der Waals surface area contributed by atoms with E-state index in [1.165, 1.54) is 12.8 Å². The SMILES string of the molecule is CCN(C(=O)C(N)CCCOC)C1CCCC1. The number of ether oxygens (including phenoxy) is 1. The molecule has 1 aliphatic rings. The molecule has 1 unspecified atom stereocenters. The van der Waals surface area contributed by atoms with Gasteiger partial charge in [-0.1, -0.05) is 12.8 Å². The molecule has 2 N–H and O–H groups in total. The normalized spacial score (nSPS) is 18.3. The molecule has 0 aromatic rings. The van der Waals surface area contributed by atoms with Crippen LogP contribution in [-0.2, 0) is 9.53 Å². The van der Waals surface area contributed by atoms with Crippen LogP contribution in [0.5, 0.6) is 0 Å². The first-order valence-corrected chi connectivity index (χ1v) is 6.75. The molecule has 1 rings (SSSR count). The second-order valence-electron chi connectivity index (χ2n) is 4.80. The lowest BCUT2D eigenvalue weighted by Crippen LogP contribution is -2.47. The Morgan fingerprint density at radius 1 is 1.47 bits per heavy atom. The third-order valence-corrected chi connectivity index (χ3v) is 3.57. The molecule has 1 saturated carbocycles. The maximum Gasteiger partial charge on any atom is 0.239 e. The number of rotatable bonds is 7. The quantitative estimate of drug-likeness (QED) is 0.689. The van der Waals surface area contributed by atoms with E-state index in [0.29, 0.717) is 12.6 Å². The highest BCUT2D eigenvalue weighted by Gasteiger charge is 2.28. The third kappa shape index (κ3) is 4.28. The van der Waals surface area contributed by atoms with Crippen molar-refractivity contribution < 1.29 is 9.53 Å². The maximum atomic E-state index is 12.2. The lowest BCUT2D eigenvalue weighted by molar-refractivity contribution is -0.134. The predicted molar refractivity (Wildman–Crippen MR) is 68.7 cm³/mol. The Morgan fingerprint density at radius 3 is 2.65 bits per heavy atom. The summed E-state index contributed by atoms with van der Waals surface area (Å²) in [5.41, 5.74) is 5.96. The van der Waals surface area contributed by atoms with Crippen molar-refractivity contribution in [1.82, 2.24) is 4.90 Å². The molecule has 4 nitrogen and oxygen atoms in total. The van der Waals surface area contributed by atoms with E-state index in [4.69, 9.17) is 10.5 Å². The second kappa shape index (κ2) is 7.67. The van der Waals surface area contributed by atoms with Crippen LogP contribution in [0.2, 0.25) is 0 Å². The predicted octanol–water partition coefficient (Wildman–Crippen LogP) is 1.53. The van der Waals surface area contributed by atoms with Crippen LogP contribution in [0.4, 0.5) is 0 Å². The molecule has 0 aromatic heterocycles. The average molecular weight is 242 g/mol. The summed E-state index contributed by atoms with van der Waals surface area (Å²) in [5, 5.41) is 0. The molecule has 0 aliphatic heterocycles. The van der Waals surface area contributed by atoms with Gasteiger partial charge in [0, 0.05) is 26.3 Å². The molecule has 1 amide bonds. The molecule has 0 aromatic carbocycles. The number of methoxy groups -OCH3 is 1. The third-order valence-electron chi connectivity index (χ3n) is 3.57. The molecule has 0 heterocycles. The standard InChI is InChI=1S/C13H26N2O2/c1-3-15(11-7-4-5-8-11)13(16)12(14)9-6-10-17-2/h11-12H,3-10,14H2,1-2H3. The van der Waals surface area contributed by atoms with Gasteiger partial charge in [0.2, 0.25) is 5.91 Å². The summed E-state index contributed by atoms with van der Waals surface area (Å²) < 4.78 is 4.98. The first-order chi connectivity index (χ1) is 8.20. The summed E-state index contributed by atoms with van der Waals surface area (Å²) >= 11 is 0. The molecule has 4 heteroatoms. The van der Waals surface area contributed by atoms with Gasteiger partial charge in [0.15, 0.2) is 0 Å². The fraction of sp³-hybridized carbons (Fsp3) is 0.923. The van der Waals surface area contributed by atoms with Crippen LogP contribution in [0.3, 0.4) is 0 Å². The van der Waals surface area contributed by atoms with Gasteiger partial charge in [0.05, 0.1) is 6.04 Å². The number of hydrogen-bond donors (Lipinski definition) is 1. The Labute approximate surface area is 104 Å². The lowest BCUT2D eigenvalue weighted by atomic mass is 10.1. The Kier molecular flexibility index (Phi) is 6.52. The van der Waals surface area contributed by atoms with E-state index in [1.807, 2.05) is 11.8 Å². The maximum absolute atomic E-state index is 12.2. The fourth-order valence-corrected chi connectivity index (χ4v) is 2.59. The Hall–Kier alpha value is -0.610. The summed E-state index contributed by atoms with van der Waals surface area (Å²) in [7, 11) is 1.67. The van der Waals surface area contributed by atoms with Gasteiger partial charge in [-0.2, -0.15) is 0 Å². The fourth-order valence-electron chi connectivity index (χ4n) is 2.59. The van der Waals surface area contributed by atoms with Gasteiger partial charge in [-0.15, -0.1) is 0 Å². The molecule has 0 saturated heterocycles. The van der Waals surface area contributed by atoms with E-state index < -0.39 is 0 Å². The smallest absolute Gasteiger partial charge is 0.239 e. The van der Waals surface area contributed by atoms with Crippen molar-refractivity contribution in [2.24, 2.45) is 5.73 Å². The topological polar surface area (TPSA) is 55.6 Å². The van der Waals surface area contributed by atoms with E-state index in [9.17, 15) is 4.79 Å². The highest BCUT2D eigenvalue weighted by molar-refractivity contribution is 5.81. The number of carbonyl (C=O) groups is 1. The van der Waals surface area contributed by atoms with Gasteiger partial charge in [-0.25, -0.2) is 0 Å². The zero-order chi connectivity index (χ0) is 12.7. The molecule has 1 fully saturated rings. The number of nitrogens with zero attached hydrogens (tertiary/aromatic N) is 1. The van der Waals surface area contributed by atoms with Crippen molar-refractivity contribution >= 4 is 5.91 Å². The summed E-state index contributed by atoms with van der Waals surface area (Å²) in [6, 6.07) is 0.0756. The summed E-state index contributed by atoms with van der Waals surface area (Å²) in [5.74, 6) is 0.121. The van der Waals surface area contributed by atoms with Gasteiger partial charge in [-0.3, -0.25) is 4.79 Å². The summed E-state index contributed by atoms with van der Waals surface area (Å²) in [6.07, 6.45) is 6.34. The van der Waals surface area contributed by atoms with Crippen molar-refractivity contribution in [3.8, 4) is 0 Å². The summed E-state index contributed by atoms with van der Waals surface area (Å²) in [6.45, 7) is 3.50. The number of nitrogens with two attached hydrogens (primary N) is 1. The number of likely N-dealkylation sites (N-methyl/N-ethyl adjacent to an activating group) is 1. The van der Waals surface area contributed by atoms with Crippen LogP contribution in [0.25, 0.3) is 0 Å². The van der Waals surface area contributed by atoms with E-state index >= 15 is 0 Å². The van der Waals surface area contributed by atoms with Crippen LogP contribution in [0, 0.1) is 0 Å². The Balaban J connectivity index is 2.41. The molecular formula is C13H26N2O2. The van der Waals surface area contributed by atoms with Crippen molar-refractivity contribution in [2.75, 3.05) is 20.3 Å². The number of carbonyl (C=O) groups excluding carboxylic acids is 1. The van der Waals surface area contributed by atoms with Crippen LogP contribution >= 0.6 is 0 Å². The monoisotopic (exact) mass is 242 g/mol. The van der Waals surface area contributed by atoms with E-state index in [-0.39, 0.29) is 11.9 Å². The molecule has 100 valence electrons. The first kappa shape index (κ1) is 14.5. The van der Waals surface area contributed by atoms with Gasteiger partial charge in [0.25, 0.3) is 0 Å². The van der Waals surface area contributed by atoms with E-state index in [0.717, 1.165) is 32.2 Å². The van der Waals surface area contributed by atoms with Gasteiger partial charge < -0.3 is 15.4 Å². The molecule has 17 heavy (non-hydrogen) atoms. The minimum absolute atomic E-state index is 0.121. The zero-order valence-electron chi connectivity index (χ0n) is 11.2. The van der Waals surface area contributed by atoms with Crippen molar-refractivity contribution in [3.05, 3.63) is 0 Å². The van der Waals surface area contributed by atoms with Crippen molar-refractivity contribution in [2.45, 2.75) is 57.5 Å². The first-order valence-electron chi connectivity index (χ1n) is 6.75. The lowest BCUT2D eigenvalue weighted by Gasteiger charge is -2.30. The molecule has 0 radical (unpaired) electrons. The highest BCUT2D eigenvalue weighted by Crippen LogP contribution is 2.23. The van der Waals surface area contributed by atoms with Crippen LogP contribution in [0.1, 0.15) is 45.4 Å². The minimum Gasteiger partial charge on any atom is -0.385 e. The molecular weight excluding hydrogens is 216 g/mol. The van der Waals surface area contributed by atoms with E-state index in [1.54, 1.807) is 7.11 Å². The van der Waals surface area contributed by atoms with Gasteiger partial charge >= 0.3 is 0 Å². The molecule has 0 spiro atoms. The number of amides is 1. The van der Waals surface area contributed by atoms with Crippen LogP contribution in [0.15, 0.2) is 0 Å².